The zero-order chi connectivity index (χ0) is 24.9. The van der Waals surface area contributed by atoms with Crippen LogP contribution in [0.1, 0.15) is 31.9 Å². The Kier molecular flexibility index (Phi) is 5.73. The minimum absolute atomic E-state index is 0.0145. The molecule has 0 spiro atoms. The fourth-order valence-corrected chi connectivity index (χ4v) is 5.84. The van der Waals surface area contributed by atoms with Gasteiger partial charge in [0.05, 0.1) is 20.9 Å². The van der Waals surface area contributed by atoms with E-state index in [1.54, 1.807) is 19.1 Å². The van der Waals surface area contributed by atoms with Gasteiger partial charge in [0.1, 0.15) is 4.83 Å². The van der Waals surface area contributed by atoms with Crippen LogP contribution in [0.5, 0.6) is 0 Å². The molecule has 2 aromatic heterocycles. The van der Waals surface area contributed by atoms with Crippen LogP contribution in [-0.2, 0) is 0 Å². The summed E-state index contributed by atoms with van der Waals surface area (Å²) < 4.78 is 1.25. The number of carbonyl (C=O) groups is 1. The predicted octanol–water partition coefficient (Wildman–Crippen LogP) is 4.90. The van der Waals surface area contributed by atoms with E-state index in [9.17, 15) is 19.7 Å². The second-order valence-corrected chi connectivity index (χ2v) is 10.0. The number of carbonyl (C=O) groups excluding carboxylic acids is 1. The third kappa shape index (κ3) is 4.02. The molecule has 1 aliphatic heterocycles. The third-order valence-corrected chi connectivity index (χ3v) is 8.07. The van der Waals surface area contributed by atoms with Crippen molar-refractivity contribution in [3.05, 3.63) is 90.1 Å². The number of nitrogens with zero attached hydrogens (tertiary/aromatic N) is 4. The number of benzene rings is 2. The number of hydrogen-bond acceptors (Lipinski definition) is 8. The molecule has 0 radical (unpaired) electrons. The number of nitrogens with one attached hydrogen (secondary N) is 1. The molecular formula is C24H19N5O4S2. The van der Waals surface area contributed by atoms with Crippen LogP contribution in [0.15, 0.2) is 57.5 Å². The zero-order valence-corrected chi connectivity index (χ0v) is 20.6. The summed E-state index contributed by atoms with van der Waals surface area (Å²) in [6.45, 7) is 5.67. The number of anilines is 1. The number of amides is 1. The van der Waals surface area contributed by atoms with Crippen molar-refractivity contribution in [2.75, 3.05) is 11.1 Å². The van der Waals surface area contributed by atoms with E-state index in [1.165, 1.54) is 39.9 Å². The van der Waals surface area contributed by atoms with Gasteiger partial charge in [-0.05, 0) is 61.2 Å². The Bertz CT molecular complexity index is 1620. The average molecular weight is 506 g/mol. The van der Waals surface area contributed by atoms with Crippen LogP contribution in [0.25, 0.3) is 10.2 Å². The highest BCUT2D eigenvalue weighted by molar-refractivity contribution is 7.99. The molecule has 1 N–H and O–H groups in total. The molecular weight excluding hydrogens is 486 g/mol. The first-order valence-corrected chi connectivity index (χ1v) is 12.4. The summed E-state index contributed by atoms with van der Waals surface area (Å²) in [5.74, 6) is 0.171. The summed E-state index contributed by atoms with van der Waals surface area (Å²) in [6, 6.07) is 11.8. The summed E-state index contributed by atoms with van der Waals surface area (Å²) in [5.41, 5.74) is 4.28. The van der Waals surface area contributed by atoms with E-state index in [0.717, 1.165) is 16.8 Å². The van der Waals surface area contributed by atoms with E-state index in [2.05, 4.69) is 15.4 Å². The fourth-order valence-electron chi connectivity index (χ4n) is 3.82. The molecule has 0 bridgehead atoms. The normalized spacial score (nSPS) is 12.8. The number of rotatable bonds is 4. The van der Waals surface area contributed by atoms with E-state index >= 15 is 0 Å². The highest BCUT2D eigenvalue weighted by Gasteiger charge is 2.25. The molecule has 0 saturated carbocycles. The Morgan fingerprint density at radius 1 is 1.11 bits per heavy atom. The Morgan fingerprint density at radius 3 is 2.57 bits per heavy atom. The first-order chi connectivity index (χ1) is 16.7. The average Bonchev–Trinajstić information content (AvgIpc) is 3.18. The van der Waals surface area contributed by atoms with Crippen molar-refractivity contribution in [3.63, 3.8) is 0 Å². The monoisotopic (exact) mass is 505 g/mol. The summed E-state index contributed by atoms with van der Waals surface area (Å²) >= 11 is 2.54. The number of non-ortho nitro benzene ring substituents is 1. The van der Waals surface area contributed by atoms with Gasteiger partial charge in [0.25, 0.3) is 17.2 Å². The van der Waals surface area contributed by atoms with E-state index in [-0.39, 0.29) is 17.2 Å². The van der Waals surface area contributed by atoms with Gasteiger partial charge in [-0.3, -0.25) is 19.7 Å². The van der Waals surface area contributed by atoms with Crippen LogP contribution in [0.3, 0.4) is 0 Å². The van der Waals surface area contributed by atoms with Crippen LogP contribution >= 0.6 is 23.1 Å². The molecule has 1 amide bonds. The maximum atomic E-state index is 13.4. The second kappa shape index (κ2) is 8.75. The highest BCUT2D eigenvalue weighted by atomic mass is 32.2. The Labute approximate surface area is 207 Å². The van der Waals surface area contributed by atoms with Crippen molar-refractivity contribution in [2.45, 2.75) is 25.9 Å². The predicted molar refractivity (Wildman–Crippen MR) is 138 cm³/mol. The minimum atomic E-state index is -0.463. The van der Waals surface area contributed by atoms with Gasteiger partial charge in [-0.25, -0.2) is 4.98 Å². The maximum absolute atomic E-state index is 13.4. The van der Waals surface area contributed by atoms with Crippen LogP contribution in [-0.4, -0.2) is 32.0 Å². The number of aromatic nitrogens is 2. The van der Waals surface area contributed by atoms with Crippen molar-refractivity contribution in [1.82, 2.24) is 9.66 Å². The summed E-state index contributed by atoms with van der Waals surface area (Å²) in [6.07, 6.45) is 0. The second-order valence-electron chi connectivity index (χ2n) is 8.09. The Hall–Kier alpha value is -3.83. The number of nitro groups is 1. The van der Waals surface area contributed by atoms with Crippen LogP contribution < -0.4 is 10.9 Å². The number of thiophene rings is 1. The zero-order valence-electron chi connectivity index (χ0n) is 19.0. The highest BCUT2D eigenvalue weighted by Crippen LogP contribution is 2.32. The van der Waals surface area contributed by atoms with Gasteiger partial charge in [0.2, 0.25) is 0 Å². The van der Waals surface area contributed by atoms with Gasteiger partial charge in [0, 0.05) is 23.6 Å². The fraction of sp³-hybridized carbons (Fsp3) is 0.167. The van der Waals surface area contributed by atoms with E-state index < -0.39 is 4.92 Å². The number of hydrogen-bond donors (Lipinski definition) is 1. The van der Waals surface area contributed by atoms with Gasteiger partial charge >= 0.3 is 0 Å². The molecule has 0 unspecified atom stereocenters. The summed E-state index contributed by atoms with van der Waals surface area (Å²) in [5, 5.41) is 19.2. The first-order valence-electron chi connectivity index (χ1n) is 10.6. The van der Waals surface area contributed by atoms with Crippen molar-refractivity contribution < 1.29 is 9.72 Å². The van der Waals surface area contributed by atoms with Gasteiger partial charge in [0.15, 0.2) is 5.16 Å². The van der Waals surface area contributed by atoms with Gasteiger partial charge in [-0.1, -0.05) is 23.9 Å². The molecule has 11 heteroatoms. The molecule has 0 atom stereocenters. The molecule has 0 fully saturated rings. The SMILES string of the molecule is Cc1cccc(NC(=O)c2sc3nc4n(c(=O)c3c2C)N=C(c2ccc([N+](=O)[O-])cc2)CS4)c1C. The topological polar surface area (TPSA) is 119 Å². The quantitative estimate of drug-likeness (QED) is 0.239. The van der Waals surface area contributed by atoms with E-state index in [1.807, 2.05) is 32.0 Å². The standard InChI is InChI=1S/C24H19N5O4S2/c1-12-5-4-6-17(13(12)2)25-21(30)20-14(3)19-22(35-20)26-24-28(23(19)31)27-18(11-34-24)15-7-9-16(10-8-15)29(32)33/h4-10H,11H2,1-3H3,(H,25,30). The number of aryl methyl sites for hydroxylation is 2. The molecule has 0 saturated heterocycles. The van der Waals surface area contributed by atoms with Crippen molar-refractivity contribution >= 4 is 56.3 Å². The number of thioether (sulfide) groups is 1. The molecule has 2 aromatic carbocycles. The third-order valence-electron chi connectivity index (χ3n) is 5.94. The molecule has 3 heterocycles. The molecule has 0 aliphatic carbocycles. The summed E-state index contributed by atoms with van der Waals surface area (Å²) in [4.78, 5) is 42.5. The van der Waals surface area contributed by atoms with Crippen molar-refractivity contribution in [1.29, 1.82) is 0 Å². The number of nitro benzene ring substituents is 1. The molecule has 1 aliphatic rings. The maximum Gasteiger partial charge on any atom is 0.283 e. The minimum Gasteiger partial charge on any atom is -0.321 e. The van der Waals surface area contributed by atoms with E-state index in [0.29, 0.717) is 42.8 Å². The smallest absolute Gasteiger partial charge is 0.283 e. The van der Waals surface area contributed by atoms with Gasteiger partial charge in [-0.2, -0.15) is 9.78 Å². The van der Waals surface area contributed by atoms with Crippen LogP contribution in [0.2, 0.25) is 0 Å². The lowest BCUT2D eigenvalue weighted by atomic mass is 10.1. The van der Waals surface area contributed by atoms with Gasteiger partial charge in [-0.15, -0.1) is 11.3 Å². The Morgan fingerprint density at radius 2 is 1.86 bits per heavy atom. The molecule has 5 rings (SSSR count). The van der Waals surface area contributed by atoms with Crippen molar-refractivity contribution in [3.8, 4) is 0 Å². The molecule has 4 aromatic rings. The molecule has 35 heavy (non-hydrogen) atoms. The number of fused-ring (bicyclic) bond motifs is 2. The lowest BCUT2D eigenvalue weighted by molar-refractivity contribution is -0.384. The lowest BCUT2D eigenvalue weighted by Crippen LogP contribution is -2.25. The lowest BCUT2D eigenvalue weighted by Gasteiger charge is -2.15. The van der Waals surface area contributed by atoms with E-state index in [4.69, 9.17) is 0 Å². The Balaban J connectivity index is 1.54. The first kappa shape index (κ1) is 22.9. The molecule has 176 valence electrons. The van der Waals surface area contributed by atoms with Crippen LogP contribution in [0, 0.1) is 30.9 Å². The summed E-state index contributed by atoms with van der Waals surface area (Å²) in [7, 11) is 0. The molecule has 9 nitrogen and oxygen atoms in total. The van der Waals surface area contributed by atoms with Crippen LogP contribution in [0.4, 0.5) is 11.4 Å². The van der Waals surface area contributed by atoms with Gasteiger partial charge < -0.3 is 5.32 Å². The van der Waals surface area contributed by atoms with Crippen molar-refractivity contribution in [2.24, 2.45) is 5.10 Å². The largest absolute Gasteiger partial charge is 0.321 e.